The van der Waals surface area contributed by atoms with Crippen molar-refractivity contribution in [2.45, 2.75) is 33.7 Å². The maximum absolute atomic E-state index is 13.4. The summed E-state index contributed by atoms with van der Waals surface area (Å²) in [6, 6.07) is 3.70. The first-order chi connectivity index (χ1) is 16.8. The lowest BCUT2D eigenvalue weighted by atomic mass is 9.93. The Morgan fingerprint density at radius 1 is 1.06 bits per heavy atom. The molecule has 3 rings (SSSR count). The van der Waals surface area contributed by atoms with Crippen molar-refractivity contribution in [2.75, 3.05) is 27.4 Å². The van der Waals surface area contributed by atoms with E-state index in [2.05, 4.69) is 6.58 Å². The molecule has 0 amide bonds. The zero-order valence-electron chi connectivity index (χ0n) is 20.7. The summed E-state index contributed by atoms with van der Waals surface area (Å²) in [6.07, 6.45) is 5.70. The van der Waals surface area contributed by atoms with E-state index in [-0.39, 0.29) is 24.5 Å². The summed E-state index contributed by atoms with van der Waals surface area (Å²) in [7, 11) is 3.12. The van der Waals surface area contributed by atoms with Gasteiger partial charge in [0.1, 0.15) is 5.69 Å². The minimum Gasteiger partial charge on any atom is -0.493 e. The second kappa shape index (κ2) is 11.3. The molecule has 2 aromatic rings. The Bertz CT molecular complexity index is 1220. The van der Waals surface area contributed by atoms with Crippen molar-refractivity contribution in [3.8, 4) is 22.8 Å². The molecule has 1 aromatic carbocycles. The number of benzene rings is 1. The summed E-state index contributed by atoms with van der Waals surface area (Å²) >= 11 is 6.34. The quantitative estimate of drug-likeness (QED) is 0.321. The van der Waals surface area contributed by atoms with E-state index >= 15 is 0 Å². The summed E-state index contributed by atoms with van der Waals surface area (Å²) in [5.41, 5.74) is 3.43. The molecule has 0 atom stereocenters. The molecule has 0 fully saturated rings. The van der Waals surface area contributed by atoms with Crippen LogP contribution in [0.4, 0.5) is 0 Å². The fourth-order valence-corrected chi connectivity index (χ4v) is 4.53. The Hall–Kier alpha value is -3.45. The Morgan fingerprint density at radius 3 is 2.29 bits per heavy atom. The normalized spacial score (nSPS) is 12.7. The average Bonchev–Trinajstić information content (AvgIpc) is 3.19. The van der Waals surface area contributed by atoms with Crippen LogP contribution in [0.15, 0.2) is 42.0 Å². The third-order valence-electron chi connectivity index (χ3n) is 5.64. The van der Waals surface area contributed by atoms with E-state index in [0.29, 0.717) is 46.3 Å². The van der Waals surface area contributed by atoms with Gasteiger partial charge in [-0.15, -0.1) is 0 Å². The van der Waals surface area contributed by atoms with Gasteiger partial charge in [-0.05, 0) is 62.6 Å². The molecule has 1 aromatic heterocycles. The molecule has 0 saturated heterocycles. The number of aromatic nitrogens is 1. The number of carbonyl (C=O) groups is 2. The number of fused-ring (bicyclic) bond motifs is 3. The molecule has 0 N–H and O–H groups in total. The van der Waals surface area contributed by atoms with Crippen molar-refractivity contribution in [3.05, 3.63) is 64.4 Å². The lowest BCUT2D eigenvalue weighted by Crippen LogP contribution is -2.19. The first kappa shape index (κ1) is 26.2. The van der Waals surface area contributed by atoms with Crippen molar-refractivity contribution in [2.24, 2.45) is 0 Å². The van der Waals surface area contributed by atoms with Crippen LogP contribution in [0.25, 0.3) is 16.8 Å². The number of allylic oxidation sites excluding steroid dienone is 5. The molecule has 1 aliphatic rings. The van der Waals surface area contributed by atoms with Gasteiger partial charge in [-0.3, -0.25) is 0 Å². The minimum atomic E-state index is -0.568. The number of rotatable bonds is 9. The van der Waals surface area contributed by atoms with Crippen molar-refractivity contribution < 1.29 is 28.5 Å². The predicted octanol–water partition coefficient (Wildman–Crippen LogP) is 5.79. The van der Waals surface area contributed by atoms with Gasteiger partial charge in [-0.25, -0.2) is 9.59 Å². The van der Waals surface area contributed by atoms with Crippen LogP contribution in [-0.4, -0.2) is 43.9 Å². The number of halogens is 1. The highest BCUT2D eigenvalue weighted by Gasteiger charge is 2.36. The SMILES string of the molecule is C=C(/C=C(Cl)\C=C/C)c1c(C(=O)OCC)c2n(c1C(=O)OCC)CCc1cc(OC)c(OC)cc1-2. The van der Waals surface area contributed by atoms with Gasteiger partial charge in [0.25, 0.3) is 0 Å². The monoisotopic (exact) mass is 499 g/mol. The molecular weight excluding hydrogens is 470 g/mol. The van der Waals surface area contributed by atoms with E-state index in [9.17, 15) is 9.59 Å². The summed E-state index contributed by atoms with van der Waals surface area (Å²) in [4.78, 5) is 26.6. The van der Waals surface area contributed by atoms with Crippen LogP contribution in [0.3, 0.4) is 0 Å². The molecule has 1 aliphatic heterocycles. The van der Waals surface area contributed by atoms with E-state index in [4.69, 9.17) is 30.5 Å². The summed E-state index contributed by atoms with van der Waals surface area (Å²) in [5.74, 6) is -0.0360. The molecule has 35 heavy (non-hydrogen) atoms. The van der Waals surface area contributed by atoms with E-state index < -0.39 is 11.9 Å². The number of methoxy groups -OCH3 is 2. The van der Waals surface area contributed by atoms with Crippen LogP contribution in [0.5, 0.6) is 11.5 Å². The second-order valence-corrected chi connectivity index (χ2v) is 8.15. The highest BCUT2D eigenvalue weighted by atomic mass is 35.5. The summed E-state index contributed by atoms with van der Waals surface area (Å²) < 4.78 is 23.6. The molecule has 0 aliphatic carbocycles. The van der Waals surface area contributed by atoms with Crippen molar-refractivity contribution in [3.63, 3.8) is 0 Å². The number of nitrogens with zero attached hydrogens (tertiary/aromatic N) is 1. The second-order valence-electron chi connectivity index (χ2n) is 7.71. The van der Waals surface area contributed by atoms with E-state index in [1.54, 1.807) is 50.9 Å². The Balaban J connectivity index is 2.44. The number of carbonyl (C=O) groups excluding carboxylic acids is 2. The molecule has 0 unspecified atom stereocenters. The third-order valence-corrected chi connectivity index (χ3v) is 5.88. The Kier molecular flexibility index (Phi) is 8.46. The van der Waals surface area contributed by atoms with Crippen molar-refractivity contribution >= 4 is 29.1 Å². The molecule has 0 bridgehead atoms. The van der Waals surface area contributed by atoms with Crippen LogP contribution < -0.4 is 9.47 Å². The van der Waals surface area contributed by atoms with Crippen LogP contribution in [0.1, 0.15) is 52.7 Å². The van der Waals surface area contributed by atoms with Gasteiger partial charge < -0.3 is 23.5 Å². The lowest BCUT2D eigenvalue weighted by molar-refractivity contribution is 0.0512. The molecule has 7 nitrogen and oxygen atoms in total. The molecule has 186 valence electrons. The molecule has 0 spiro atoms. The number of hydrogen-bond donors (Lipinski definition) is 0. The maximum atomic E-state index is 13.4. The number of esters is 2. The largest absolute Gasteiger partial charge is 0.493 e. The number of hydrogen-bond acceptors (Lipinski definition) is 6. The van der Waals surface area contributed by atoms with Gasteiger partial charge in [-0.1, -0.05) is 24.3 Å². The lowest BCUT2D eigenvalue weighted by Gasteiger charge is -2.23. The molecule has 0 saturated carbocycles. The average molecular weight is 500 g/mol. The fourth-order valence-electron chi connectivity index (χ4n) is 4.28. The fraction of sp³-hybridized carbons (Fsp3) is 0.333. The molecule has 8 heteroatoms. The van der Waals surface area contributed by atoms with Gasteiger partial charge in [0.2, 0.25) is 0 Å². The van der Waals surface area contributed by atoms with E-state index in [1.165, 1.54) is 0 Å². The molecule has 2 heterocycles. The van der Waals surface area contributed by atoms with Gasteiger partial charge in [0.05, 0.1) is 38.7 Å². The minimum absolute atomic E-state index is 0.165. The highest BCUT2D eigenvalue weighted by Crippen LogP contribution is 2.44. The van der Waals surface area contributed by atoms with E-state index in [1.807, 2.05) is 19.1 Å². The topological polar surface area (TPSA) is 76.0 Å². The first-order valence-corrected chi connectivity index (χ1v) is 11.8. The molecular formula is C27H30ClNO6. The predicted molar refractivity (Wildman–Crippen MR) is 136 cm³/mol. The molecule has 0 radical (unpaired) electrons. The van der Waals surface area contributed by atoms with Crippen LogP contribution >= 0.6 is 11.6 Å². The first-order valence-electron chi connectivity index (χ1n) is 11.4. The Morgan fingerprint density at radius 2 is 1.69 bits per heavy atom. The van der Waals surface area contributed by atoms with E-state index in [0.717, 1.165) is 11.1 Å². The Labute approximate surface area is 210 Å². The van der Waals surface area contributed by atoms with Crippen LogP contribution in [0.2, 0.25) is 0 Å². The number of aryl methyl sites for hydroxylation is 1. The number of ether oxygens (including phenoxy) is 4. The van der Waals surface area contributed by atoms with Gasteiger partial charge in [0, 0.05) is 22.7 Å². The standard InChI is InChI=1S/C27H30ClNO6/c1-7-10-18(28)13-16(4)22-23(26(30)34-8-2)24-19-15-21(33-6)20(32-5)14-17(19)11-12-29(24)25(22)27(31)35-9-3/h7,10,13-15H,4,8-9,11-12H2,1-3,5-6H3/b10-7-,18-13+. The zero-order chi connectivity index (χ0) is 25.7. The highest BCUT2D eigenvalue weighted by molar-refractivity contribution is 6.32. The third kappa shape index (κ3) is 5.00. The van der Waals surface area contributed by atoms with Crippen molar-refractivity contribution in [1.29, 1.82) is 0 Å². The zero-order valence-corrected chi connectivity index (χ0v) is 21.5. The van der Waals surface area contributed by atoms with Crippen LogP contribution in [-0.2, 0) is 22.4 Å². The van der Waals surface area contributed by atoms with Crippen LogP contribution in [0, 0.1) is 0 Å². The maximum Gasteiger partial charge on any atom is 0.355 e. The van der Waals surface area contributed by atoms with Crippen molar-refractivity contribution in [1.82, 2.24) is 4.57 Å². The van der Waals surface area contributed by atoms with Gasteiger partial charge in [-0.2, -0.15) is 0 Å². The van der Waals surface area contributed by atoms with Gasteiger partial charge >= 0.3 is 11.9 Å². The summed E-state index contributed by atoms with van der Waals surface area (Å²) in [5, 5.41) is 0.401. The summed E-state index contributed by atoms with van der Waals surface area (Å²) in [6.45, 7) is 10.2. The van der Waals surface area contributed by atoms with Gasteiger partial charge in [0.15, 0.2) is 11.5 Å². The smallest absolute Gasteiger partial charge is 0.355 e.